The Morgan fingerprint density at radius 3 is 2.71 bits per heavy atom. The van der Waals surface area contributed by atoms with Gasteiger partial charge >= 0.3 is 0 Å². The van der Waals surface area contributed by atoms with E-state index in [1.165, 1.54) is 0 Å². The van der Waals surface area contributed by atoms with Crippen molar-refractivity contribution in [2.45, 2.75) is 46.6 Å². The maximum absolute atomic E-state index is 12.7. The fraction of sp³-hybridized carbons (Fsp3) is 0.667. The van der Waals surface area contributed by atoms with Crippen LogP contribution in [0.25, 0.3) is 0 Å². The second-order valence-electron chi connectivity index (χ2n) is 6.55. The Morgan fingerprint density at radius 2 is 2.14 bits per heavy atom. The number of hydrogen-bond acceptors (Lipinski definition) is 4. The number of thiazole rings is 1. The summed E-state index contributed by atoms with van der Waals surface area (Å²) in [7, 11) is 0. The summed E-state index contributed by atoms with van der Waals surface area (Å²) in [4.78, 5) is 30.7. The topological polar surface area (TPSA) is 62.3 Å². The molecule has 2 heterocycles. The van der Waals surface area contributed by atoms with Crippen molar-refractivity contribution in [2.75, 3.05) is 13.1 Å². The molecule has 0 radical (unpaired) electrons. The largest absolute Gasteiger partial charge is 0.344 e. The van der Waals surface area contributed by atoms with E-state index >= 15 is 0 Å². The number of aryl methyl sites for hydroxylation is 1. The second kappa shape index (κ2) is 6.13. The van der Waals surface area contributed by atoms with E-state index in [1.807, 2.05) is 33.1 Å². The van der Waals surface area contributed by atoms with Gasteiger partial charge in [0.1, 0.15) is 6.04 Å². The Kier molecular flexibility index (Phi) is 4.66. The molecule has 1 aromatic rings. The van der Waals surface area contributed by atoms with Crippen molar-refractivity contribution in [1.29, 1.82) is 0 Å². The molecule has 1 atom stereocenters. The maximum atomic E-state index is 12.7. The predicted octanol–water partition coefficient (Wildman–Crippen LogP) is 1.76. The van der Waals surface area contributed by atoms with Crippen LogP contribution in [0.2, 0.25) is 0 Å². The van der Waals surface area contributed by atoms with Gasteiger partial charge in [0.15, 0.2) is 0 Å². The molecule has 0 saturated carbocycles. The zero-order valence-corrected chi connectivity index (χ0v) is 13.9. The molecule has 6 heteroatoms. The molecule has 2 rings (SSSR count). The lowest BCUT2D eigenvalue weighted by atomic mass is 9.86. The lowest BCUT2D eigenvalue weighted by Gasteiger charge is -2.32. The Balaban J connectivity index is 2.07. The van der Waals surface area contributed by atoms with E-state index in [1.54, 1.807) is 16.2 Å². The van der Waals surface area contributed by atoms with Crippen molar-refractivity contribution in [2.24, 2.45) is 5.41 Å². The monoisotopic (exact) mass is 309 g/mol. The van der Waals surface area contributed by atoms with Crippen LogP contribution in [0.1, 0.15) is 37.9 Å². The quantitative estimate of drug-likeness (QED) is 0.925. The van der Waals surface area contributed by atoms with Gasteiger partial charge in [0.25, 0.3) is 0 Å². The third-order valence-electron chi connectivity index (χ3n) is 3.64. The molecule has 1 aliphatic rings. The lowest BCUT2D eigenvalue weighted by Crippen LogP contribution is -2.52. The molecule has 1 fully saturated rings. The standard InChI is InChI=1S/C15H23N3O2S/c1-10-16-11(9-21-10)5-7-18-8-6-12(19)17-13(14(18)20)15(2,3)4/h9,13H,5-8H2,1-4H3,(H,17,19). The zero-order chi connectivity index (χ0) is 15.6. The third-order valence-corrected chi connectivity index (χ3v) is 4.47. The molecular weight excluding hydrogens is 286 g/mol. The average molecular weight is 309 g/mol. The fourth-order valence-electron chi connectivity index (χ4n) is 2.41. The van der Waals surface area contributed by atoms with E-state index in [4.69, 9.17) is 0 Å². The van der Waals surface area contributed by atoms with E-state index in [0.717, 1.165) is 17.1 Å². The number of amides is 2. The molecule has 5 nitrogen and oxygen atoms in total. The SMILES string of the molecule is Cc1nc(CCN2CCC(=O)NC(C(C)(C)C)C2=O)cs1. The fourth-order valence-corrected chi connectivity index (χ4v) is 3.05. The highest BCUT2D eigenvalue weighted by molar-refractivity contribution is 7.09. The molecule has 0 bridgehead atoms. The smallest absolute Gasteiger partial charge is 0.245 e. The number of nitrogens with zero attached hydrogens (tertiary/aromatic N) is 2. The predicted molar refractivity (Wildman–Crippen MR) is 83.1 cm³/mol. The first kappa shape index (κ1) is 15.9. The molecule has 1 saturated heterocycles. The number of carbonyl (C=O) groups excluding carboxylic acids is 2. The molecule has 0 spiro atoms. The molecule has 1 N–H and O–H groups in total. The normalized spacial score (nSPS) is 20.4. The van der Waals surface area contributed by atoms with Gasteiger partial charge in [0, 0.05) is 31.3 Å². The number of rotatable bonds is 3. The summed E-state index contributed by atoms with van der Waals surface area (Å²) in [6.07, 6.45) is 1.11. The molecule has 1 aromatic heterocycles. The first-order chi connectivity index (χ1) is 9.77. The highest BCUT2D eigenvalue weighted by atomic mass is 32.1. The Hall–Kier alpha value is -1.43. The molecule has 116 valence electrons. The van der Waals surface area contributed by atoms with E-state index in [2.05, 4.69) is 10.3 Å². The lowest BCUT2D eigenvalue weighted by molar-refractivity contribution is -0.136. The van der Waals surface area contributed by atoms with Crippen LogP contribution in [0.4, 0.5) is 0 Å². The molecule has 1 unspecified atom stereocenters. The molecule has 0 aromatic carbocycles. The van der Waals surface area contributed by atoms with Crippen LogP contribution < -0.4 is 5.32 Å². The number of nitrogens with one attached hydrogen (secondary N) is 1. The number of aromatic nitrogens is 1. The number of carbonyl (C=O) groups is 2. The van der Waals surface area contributed by atoms with Gasteiger partial charge in [0.2, 0.25) is 11.8 Å². The third kappa shape index (κ3) is 4.03. The van der Waals surface area contributed by atoms with Crippen LogP contribution in [-0.2, 0) is 16.0 Å². The van der Waals surface area contributed by atoms with Crippen molar-refractivity contribution >= 4 is 23.2 Å². The van der Waals surface area contributed by atoms with Gasteiger partial charge in [0.05, 0.1) is 10.7 Å². The maximum Gasteiger partial charge on any atom is 0.245 e. The van der Waals surface area contributed by atoms with Crippen molar-refractivity contribution in [1.82, 2.24) is 15.2 Å². The molecule has 2 amide bonds. The molecular formula is C15H23N3O2S. The van der Waals surface area contributed by atoms with E-state index in [-0.39, 0.29) is 17.2 Å². The van der Waals surface area contributed by atoms with Crippen LogP contribution >= 0.6 is 11.3 Å². The summed E-state index contributed by atoms with van der Waals surface area (Å²) in [6, 6.07) is -0.454. The van der Waals surface area contributed by atoms with Gasteiger partial charge in [-0.2, -0.15) is 0 Å². The van der Waals surface area contributed by atoms with Crippen LogP contribution in [0.5, 0.6) is 0 Å². The van der Waals surface area contributed by atoms with Gasteiger partial charge in [-0.3, -0.25) is 9.59 Å². The van der Waals surface area contributed by atoms with Crippen molar-refractivity contribution < 1.29 is 9.59 Å². The summed E-state index contributed by atoms with van der Waals surface area (Å²) in [5.74, 6) is -0.0319. The summed E-state index contributed by atoms with van der Waals surface area (Å²) in [5.41, 5.74) is 0.730. The highest BCUT2D eigenvalue weighted by Crippen LogP contribution is 2.23. The molecule has 1 aliphatic heterocycles. The van der Waals surface area contributed by atoms with Gasteiger partial charge < -0.3 is 10.2 Å². The zero-order valence-electron chi connectivity index (χ0n) is 13.1. The van der Waals surface area contributed by atoms with Crippen LogP contribution in [0, 0.1) is 12.3 Å². The minimum Gasteiger partial charge on any atom is -0.344 e. The van der Waals surface area contributed by atoms with Gasteiger partial charge in [-0.1, -0.05) is 20.8 Å². The van der Waals surface area contributed by atoms with Gasteiger partial charge in [-0.05, 0) is 12.3 Å². The summed E-state index contributed by atoms with van der Waals surface area (Å²) in [5, 5.41) is 5.93. The Morgan fingerprint density at radius 1 is 1.43 bits per heavy atom. The molecule has 21 heavy (non-hydrogen) atoms. The Bertz CT molecular complexity index is 533. The van der Waals surface area contributed by atoms with Crippen LogP contribution in [0.15, 0.2) is 5.38 Å². The van der Waals surface area contributed by atoms with E-state index in [0.29, 0.717) is 19.5 Å². The number of hydrogen-bond donors (Lipinski definition) is 1. The summed E-state index contributed by atoms with van der Waals surface area (Å²) >= 11 is 1.62. The van der Waals surface area contributed by atoms with E-state index < -0.39 is 6.04 Å². The summed E-state index contributed by atoms with van der Waals surface area (Å²) < 4.78 is 0. The van der Waals surface area contributed by atoms with Gasteiger partial charge in [-0.15, -0.1) is 11.3 Å². The second-order valence-corrected chi connectivity index (χ2v) is 7.61. The minimum atomic E-state index is -0.454. The van der Waals surface area contributed by atoms with Crippen molar-refractivity contribution in [3.05, 3.63) is 16.1 Å². The highest BCUT2D eigenvalue weighted by Gasteiger charge is 2.37. The molecule has 0 aliphatic carbocycles. The first-order valence-corrected chi connectivity index (χ1v) is 8.14. The van der Waals surface area contributed by atoms with Crippen LogP contribution in [0.3, 0.4) is 0 Å². The van der Waals surface area contributed by atoms with Crippen LogP contribution in [-0.4, -0.2) is 40.8 Å². The van der Waals surface area contributed by atoms with Crippen molar-refractivity contribution in [3.63, 3.8) is 0 Å². The summed E-state index contributed by atoms with van der Waals surface area (Å²) in [6.45, 7) is 9.00. The van der Waals surface area contributed by atoms with Gasteiger partial charge in [-0.25, -0.2) is 4.98 Å². The Labute approximate surface area is 129 Å². The van der Waals surface area contributed by atoms with Crippen molar-refractivity contribution in [3.8, 4) is 0 Å². The van der Waals surface area contributed by atoms with E-state index in [9.17, 15) is 9.59 Å². The average Bonchev–Trinajstić information content (AvgIpc) is 2.73. The minimum absolute atomic E-state index is 0.0142. The first-order valence-electron chi connectivity index (χ1n) is 7.26.